The molecule has 0 radical (unpaired) electrons. The molecule has 0 saturated heterocycles. The largest absolute Gasteiger partial charge is 0.307 e. The Balaban J connectivity index is 2.29. The highest BCUT2D eigenvalue weighted by Crippen LogP contribution is 2.27. The molecule has 2 rings (SSSR count). The minimum Gasteiger partial charge on any atom is -0.307 e. The number of halogens is 1. The normalized spacial score (nSPS) is 12.9. The smallest absolute Gasteiger partial charge is 0.123 e. The number of thiazole rings is 1. The third kappa shape index (κ3) is 2.76. The average molecular weight is 264 g/mol. The molecule has 0 amide bonds. The summed E-state index contributed by atoms with van der Waals surface area (Å²) in [6, 6.07) is 6.59. The maximum absolute atomic E-state index is 12.9. The van der Waals surface area contributed by atoms with E-state index in [-0.39, 0.29) is 11.9 Å². The van der Waals surface area contributed by atoms with Crippen molar-refractivity contribution in [1.29, 1.82) is 0 Å². The second-order valence-corrected chi connectivity index (χ2v) is 5.43. The summed E-state index contributed by atoms with van der Waals surface area (Å²) < 4.78 is 12.9. The standard InChI is InChI=1S/C14H17FN2S/c1-9(2)12-8-18-14(17-12)13(16-3)10-4-6-11(15)7-5-10/h4-9,13,16H,1-3H3. The summed E-state index contributed by atoms with van der Waals surface area (Å²) in [7, 11) is 1.89. The van der Waals surface area contributed by atoms with Gasteiger partial charge in [0, 0.05) is 5.38 Å². The van der Waals surface area contributed by atoms with E-state index in [1.165, 1.54) is 12.1 Å². The van der Waals surface area contributed by atoms with Gasteiger partial charge in [0.2, 0.25) is 0 Å². The van der Waals surface area contributed by atoms with Crippen LogP contribution in [0.15, 0.2) is 29.6 Å². The van der Waals surface area contributed by atoms with E-state index in [1.54, 1.807) is 23.5 Å². The first-order valence-corrected chi connectivity index (χ1v) is 6.88. The Morgan fingerprint density at radius 3 is 2.39 bits per heavy atom. The van der Waals surface area contributed by atoms with Crippen LogP contribution in [0.1, 0.15) is 42.1 Å². The van der Waals surface area contributed by atoms with E-state index >= 15 is 0 Å². The van der Waals surface area contributed by atoms with Crippen LogP contribution in [0.2, 0.25) is 0 Å². The number of nitrogens with zero attached hydrogens (tertiary/aromatic N) is 1. The zero-order valence-electron chi connectivity index (χ0n) is 10.8. The van der Waals surface area contributed by atoms with Crippen molar-refractivity contribution in [1.82, 2.24) is 10.3 Å². The van der Waals surface area contributed by atoms with E-state index in [4.69, 9.17) is 0 Å². The Morgan fingerprint density at radius 2 is 1.89 bits per heavy atom. The highest BCUT2D eigenvalue weighted by molar-refractivity contribution is 7.09. The monoisotopic (exact) mass is 264 g/mol. The molecule has 18 heavy (non-hydrogen) atoms. The quantitative estimate of drug-likeness (QED) is 0.910. The molecule has 96 valence electrons. The van der Waals surface area contributed by atoms with E-state index in [0.717, 1.165) is 16.3 Å². The molecule has 1 heterocycles. The number of hydrogen-bond donors (Lipinski definition) is 1. The van der Waals surface area contributed by atoms with Gasteiger partial charge < -0.3 is 5.32 Å². The molecule has 1 atom stereocenters. The molecule has 0 bridgehead atoms. The van der Waals surface area contributed by atoms with Gasteiger partial charge in [-0.25, -0.2) is 9.37 Å². The van der Waals surface area contributed by atoms with Crippen molar-refractivity contribution in [3.63, 3.8) is 0 Å². The summed E-state index contributed by atoms with van der Waals surface area (Å²) in [4.78, 5) is 4.64. The second-order valence-electron chi connectivity index (χ2n) is 4.54. The van der Waals surface area contributed by atoms with Gasteiger partial charge in [-0.3, -0.25) is 0 Å². The van der Waals surface area contributed by atoms with Crippen molar-refractivity contribution in [3.8, 4) is 0 Å². The van der Waals surface area contributed by atoms with Crippen LogP contribution < -0.4 is 5.32 Å². The van der Waals surface area contributed by atoms with Gasteiger partial charge in [0.05, 0.1) is 11.7 Å². The van der Waals surface area contributed by atoms with Gasteiger partial charge in [0.15, 0.2) is 0 Å². The van der Waals surface area contributed by atoms with Crippen LogP contribution in [-0.4, -0.2) is 12.0 Å². The van der Waals surface area contributed by atoms with Crippen LogP contribution in [0.3, 0.4) is 0 Å². The van der Waals surface area contributed by atoms with Crippen LogP contribution in [0.5, 0.6) is 0 Å². The highest BCUT2D eigenvalue weighted by Gasteiger charge is 2.16. The van der Waals surface area contributed by atoms with Crippen LogP contribution in [0, 0.1) is 5.82 Å². The molecule has 0 aliphatic rings. The lowest BCUT2D eigenvalue weighted by atomic mass is 10.1. The van der Waals surface area contributed by atoms with Crippen molar-refractivity contribution in [2.24, 2.45) is 0 Å². The molecule has 0 aliphatic heterocycles. The van der Waals surface area contributed by atoms with Gasteiger partial charge in [0.1, 0.15) is 10.8 Å². The second kappa shape index (κ2) is 5.59. The maximum atomic E-state index is 12.9. The fourth-order valence-corrected chi connectivity index (χ4v) is 2.90. The van der Waals surface area contributed by atoms with Gasteiger partial charge >= 0.3 is 0 Å². The van der Waals surface area contributed by atoms with Gasteiger partial charge in [-0.2, -0.15) is 0 Å². The fourth-order valence-electron chi connectivity index (χ4n) is 1.79. The lowest BCUT2D eigenvalue weighted by Gasteiger charge is -2.13. The molecule has 0 spiro atoms. The number of benzene rings is 1. The van der Waals surface area contributed by atoms with Crippen molar-refractivity contribution in [2.75, 3.05) is 7.05 Å². The highest BCUT2D eigenvalue weighted by atomic mass is 32.1. The summed E-state index contributed by atoms with van der Waals surface area (Å²) in [5.41, 5.74) is 2.14. The van der Waals surface area contributed by atoms with Gasteiger partial charge in [-0.05, 0) is 30.7 Å². The van der Waals surface area contributed by atoms with Crippen LogP contribution >= 0.6 is 11.3 Å². The summed E-state index contributed by atoms with van der Waals surface area (Å²) in [6.07, 6.45) is 0. The minimum absolute atomic E-state index is 0.0306. The Kier molecular flexibility index (Phi) is 4.09. The Morgan fingerprint density at radius 1 is 1.22 bits per heavy atom. The predicted molar refractivity (Wildman–Crippen MR) is 73.5 cm³/mol. The van der Waals surface area contributed by atoms with E-state index < -0.39 is 0 Å². The van der Waals surface area contributed by atoms with Gasteiger partial charge in [-0.15, -0.1) is 11.3 Å². The van der Waals surface area contributed by atoms with E-state index in [2.05, 4.69) is 29.5 Å². The SMILES string of the molecule is CNC(c1ccc(F)cc1)c1nc(C(C)C)cs1. The zero-order valence-corrected chi connectivity index (χ0v) is 11.6. The van der Waals surface area contributed by atoms with E-state index in [9.17, 15) is 4.39 Å². The van der Waals surface area contributed by atoms with Crippen LogP contribution in [0.25, 0.3) is 0 Å². The molecule has 1 aromatic heterocycles. The van der Waals surface area contributed by atoms with Crippen LogP contribution in [-0.2, 0) is 0 Å². The Labute approximate surface area is 111 Å². The third-order valence-corrected chi connectivity index (χ3v) is 3.80. The molecular formula is C14H17FN2S. The maximum Gasteiger partial charge on any atom is 0.123 e. The fraction of sp³-hybridized carbons (Fsp3) is 0.357. The third-order valence-electron chi connectivity index (χ3n) is 2.87. The Bertz CT molecular complexity index is 505. The molecular weight excluding hydrogens is 247 g/mol. The zero-order chi connectivity index (χ0) is 13.1. The first-order valence-electron chi connectivity index (χ1n) is 6.00. The van der Waals surface area contributed by atoms with E-state index in [0.29, 0.717) is 5.92 Å². The number of nitrogens with one attached hydrogen (secondary N) is 1. The average Bonchev–Trinajstić information content (AvgIpc) is 2.82. The minimum atomic E-state index is -0.212. The molecule has 1 unspecified atom stereocenters. The first kappa shape index (κ1) is 13.2. The van der Waals surface area contributed by atoms with E-state index in [1.807, 2.05) is 7.05 Å². The van der Waals surface area contributed by atoms with Crippen molar-refractivity contribution in [2.45, 2.75) is 25.8 Å². The summed E-state index contributed by atoms with van der Waals surface area (Å²) >= 11 is 1.64. The number of aromatic nitrogens is 1. The lowest BCUT2D eigenvalue weighted by molar-refractivity contribution is 0.623. The van der Waals surface area contributed by atoms with Gasteiger partial charge in [0.25, 0.3) is 0 Å². The Hall–Kier alpha value is -1.26. The summed E-state index contributed by atoms with van der Waals surface area (Å²) in [5.74, 6) is 0.219. The summed E-state index contributed by atoms with van der Waals surface area (Å²) in [6.45, 7) is 4.26. The molecule has 1 N–H and O–H groups in total. The number of hydrogen-bond acceptors (Lipinski definition) is 3. The molecule has 0 fully saturated rings. The topological polar surface area (TPSA) is 24.9 Å². The molecule has 1 aromatic carbocycles. The molecule has 0 saturated carbocycles. The van der Waals surface area contributed by atoms with Crippen molar-refractivity contribution >= 4 is 11.3 Å². The van der Waals surface area contributed by atoms with Crippen molar-refractivity contribution < 1.29 is 4.39 Å². The van der Waals surface area contributed by atoms with Crippen molar-refractivity contribution in [3.05, 3.63) is 51.7 Å². The molecule has 2 nitrogen and oxygen atoms in total. The summed E-state index contributed by atoms with van der Waals surface area (Å²) in [5, 5.41) is 6.34. The van der Waals surface area contributed by atoms with Crippen LogP contribution in [0.4, 0.5) is 4.39 Å². The molecule has 2 aromatic rings. The predicted octanol–water partition coefficient (Wildman–Crippen LogP) is 3.71. The first-order chi connectivity index (χ1) is 8.61. The van der Waals surface area contributed by atoms with Gasteiger partial charge in [-0.1, -0.05) is 26.0 Å². The molecule has 0 aliphatic carbocycles. The molecule has 4 heteroatoms. The number of rotatable bonds is 4. The lowest BCUT2D eigenvalue weighted by Crippen LogP contribution is -2.17.